The van der Waals surface area contributed by atoms with Gasteiger partial charge in [0.1, 0.15) is 11.5 Å². The predicted molar refractivity (Wildman–Crippen MR) is 92.2 cm³/mol. The van der Waals surface area contributed by atoms with E-state index in [1.54, 1.807) is 31.2 Å². The van der Waals surface area contributed by atoms with E-state index in [-0.39, 0.29) is 17.9 Å². The van der Waals surface area contributed by atoms with Gasteiger partial charge in [0.2, 0.25) is 0 Å². The van der Waals surface area contributed by atoms with Crippen molar-refractivity contribution in [1.82, 2.24) is 4.98 Å². The molecule has 2 unspecified atom stereocenters. The van der Waals surface area contributed by atoms with Crippen LogP contribution >= 0.6 is 0 Å². The van der Waals surface area contributed by atoms with Crippen molar-refractivity contribution in [1.29, 1.82) is 0 Å². The zero-order chi connectivity index (χ0) is 18.4. The maximum absolute atomic E-state index is 11.0. The van der Waals surface area contributed by atoms with E-state index in [1.807, 2.05) is 0 Å². The molecule has 2 heterocycles. The minimum atomic E-state index is -0.536. The van der Waals surface area contributed by atoms with Crippen LogP contribution in [0.3, 0.4) is 0 Å². The number of pyridine rings is 1. The average molecular weight is 360 g/mol. The Balaban J connectivity index is 1.57. The van der Waals surface area contributed by atoms with Gasteiger partial charge < -0.3 is 18.9 Å². The lowest BCUT2D eigenvalue weighted by Gasteiger charge is -2.26. The average Bonchev–Trinajstić information content (AvgIpc) is 2.64. The van der Waals surface area contributed by atoms with Crippen molar-refractivity contribution < 1.29 is 23.9 Å². The van der Waals surface area contributed by atoms with Crippen molar-refractivity contribution in [2.24, 2.45) is 0 Å². The van der Waals surface area contributed by atoms with E-state index in [2.05, 4.69) is 4.98 Å². The summed E-state index contributed by atoms with van der Waals surface area (Å²) in [6, 6.07) is 9.53. The minimum Gasteiger partial charge on any atom is -0.465 e. The summed E-state index contributed by atoms with van der Waals surface area (Å²) in [4.78, 5) is 14.4. The summed E-state index contributed by atoms with van der Waals surface area (Å²) in [6.07, 6.45) is 3.76. The summed E-state index contributed by atoms with van der Waals surface area (Å²) < 4.78 is 22.4. The Morgan fingerprint density at radius 1 is 1.23 bits per heavy atom. The third-order valence-corrected chi connectivity index (χ3v) is 3.77. The molecule has 1 aromatic heterocycles. The zero-order valence-electron chi connectivity index (χ0n) is 14.4. The van der Waals surface area contributed by atoms with Gasteiger partial charge in [-0.3, -0.25) is 10.1 Å². The maximum atomic E-state index is 11.0. The molecule has 1 aromatic carbocycles. The van der Waals surface area contributed by atoms with Gasteiger partial charge in [-0.25, -0.2) is 4.98 Å². The van der Waals surface area contributed by atoms with Crippen LogP contribution in [-0.4, -0.2) is 29.1 Å². The summed E-state index contributed by atoms with van der Waals surface area (Å²) in [5, 5.41) is 11.0. The molecule has 1 aliphatic rings. The smallest absolute Gasteiger partial charge is 0.331 e. The van der Waals surface area contributed by atoms with Gasteiger partial charge in [-0.2, -0.15) is 0 Å². The van der Waals surface area contributed by atoms with Crippen LogP contribution < -0.4 is 9.47 Å². The molecule has 0 bridgehead atoms. The largest absolute Gasteiger partial charge is 0.465 e. The molecule has 1 aliphatic heterocycles. The van der Waals surface area contributed by atoms with Crippen LogP contribution in [-0.2, 0) is 9.47 Å². The number of nitro groups is 1. The van der Waals surface area contributed by atoms with Crippen LogP contribution in [0.25, 0.3) is 0 Å². The molecular weight excluding hydrogens is 340 g/mol. The van der Waals surface area contributed by atoms with Gasteiger partial charge in [-0.15, -0.1) is 0 Å². The van der Waals surface area contributed by atoms with Crippen molar-refractivity contribution in [3.63, 3.8) is 0 Å². The lowest BCUT2D eigenvalue weighted by molar-refractivity contribution is -0.386. The normalized spacial score (nSPS) is 18.1. The SMILES string of the molecule is CC(Oc1ccc(Oc2ncccc2[N+](=O)[O-])cc1)OC1CCCCO1. The summed E-state index contributed by atoms with van der Waals surface area (Å²) >= 11 is 0. The summed E-state index contributed by atoms with van der Waals surface area (Å²) in [6.45, 7) is 2.52. The van der Waals surface area contributed by atoms with Crippen molar-refractivity contribution in [3.8, 4) is 17.4 Å². The summed E-state index contributed by atoms with van der Waals surface area (Å²) in [7, 11) is 0. The highest BCUT2D eigenvalue weighted by Crippen LogP contribution is 2.29. The number of benzene rings is 1. The molecule has 3 rings (SSSR count). The van der Waals surface area contributed by atoms with E-state index in [4.69, 9.17) is 18.9 Å². The third kappa shape index (κ3) is 4.90. The Labute approximate surface area is 150 Å². The van der Waals surface area contributed by atoms with Gasteiger partial charge in [0, 0.05) is 18.9 Å². The Morgan fingerprint density at radius 3 is 2.69 bits per heavy atom. The van der Waals surface area contributed by atoms with Crippen LogP contribution in [0.15, 0.2) is 42.6 Å². The monoisotopic (exact) mass is 360 g/mol. The van der Waals surface area contributed by atoms with Crippen molar-refractivity contribution >= 4 is 5.69 Å². The van der Waals surface area contributed by atoms with E-state index >= 15 is 0 Å². The lowest BCUT2D eigenvalue weighted by Crippen LogP contribution is -2.29. The second-order valence-electron chi connectivity index (χ2n) is 5.78. The number of hydrogen-bond acceptors (Lipinski definition) is 7. The Bertz CT molecular complexity index is 731. The van der Waals surface area contributed by atoms with Gasteiger partial charge in [-0.05, 0) is 56.5 Å². The molecule has 0 aliphatic carbocycles. The standard InChI is InChI=1S/C18H20N2O6/c1-13(25-17-6-2-3-12-23-17)24-14-7-9-15(10-8-14)26-18-16(20(21)22)5-4-11-19-18/h4-5,7-11,13,17H,2-3,6,12H2,1H3. The molecule has 26 heavy (non-hydrogen) atoms. The molecule has 0 N–H and O–H groups in total. The first kappa shape index (κ1) is 18.1. The Hall–Kier alpha value is -2.71. The van der Waals surface area contributed by atoms with Crippen molar-refractivity contribution in [3.05, 3.63) is 52.7 Å². The summed E-state index contributed by atoms with van der Waals surface area (Å²) in [5.74, 6) is 0.955. The van der Waals surface area contributed by atoms with Gasteiger partial charge in [-0.1, -0.05) is 0 Å². The van der Waals surface area contributed by atoms with Gasteiger partial charge >= 0.3 is 5.69 Å². The first-order valence-electron chi connectivity index (χ1n) is 8.43. The quantitative estimate of drug-likeness (QED) is 0.418. The van der Waals surface area contributed by atoms with Crippen molar-refractivity contribution in [2.45, 2.75) is 38.8 Å². The number of nitrogens with zero attached hydrogens (tertiary/aromatic N) is 2. The zero-order valence-corrected chi connectivity index (χ0v) is 14.4. The first-order chi connectivity index (χ1) is 12.6. The van der Waals surface area contributed by atoms with E-state index < -0.39 is 11.2 Å². The van der Waals surface area contributed by atoms with E-state index in [0.717, 1.165) is 19.3 Å². The second-order valence-corrected chi connectivity index (χ2v) is 5.78. The number of aromatic nitrogens is 1. The van der Waals surface area contributed by atoms with Gasteiger partial charge in [0.25, 0.3) is 5.88 Å². The molecule has 2 atom stereocenters. The van der Waals surface area contributed by atoms with Crippen molar-refractivity contribution in [2.75, 3.05) is 6.61 Å². The fourth-order valence-electron chi connectivity index (χ4n) is 2.55. The fourth-order valence-corrected chi connectivity index (χ4v) is 2.55. The van der Waals surface area contributed by atoms with E-state index in [1.165, 1.54) is 18.3 Å². The number of hydrogen-bond donors (Lipinski definition) is 0. The number of rotatable bonds is 7. The molecular formula is C18H20N2O6. The van der Waals surface area contributed by atoms with E-state index in [0.29, 0.717) is 18.1 Å². The second kappa shape index (κ2) is 8.59. The van der Waals surface area contributed by atoms with E-state index in [9.17, 15) is 10.1 Å². The minimum absolute atomic E-state index is 0.0580. The van der Waals surface area contributed by atoms with Gasteiger partial charge in [0.15, 0.2) is 12.6 Å². The molecule has 0 saturated carbocycles. The first-order valence-corrected chi connectivity index (χ1v) is 8.43. The van der Waals surface area contributed by atoms with Crippen LogP contribution in [0.4, 0.5) is 5.69 Å². The Kier molecular flexibility index (Phi) is 5.98. The van der Waals surface area contributed by atoms with Crippen LogP contribution in [0, 0.1) is 10.1 Å². The highest BCUT2D eigenvalue weighted by atomic mass is 16.8. The molecule has 0 spiro atoms. The Morgan fingerprint density at radius 2 is 2.00 bits per heavy atom. The highest BCUT2D eigenvalue weighted by molar-refractivity contribution is 5.43. The molecule has 8 nitrogen and oxygen atoms in total. The summed E-state index contributed by atoms with van der Waals surface area (Å²) in [5.41, 5.74) is -0.192. The number of ether oxygens (including phenoxy) is 4. The molecule has 138 valence electrons. The van der Waals surface area contributed by atoms with Crippen LogP contribution in [0.2, 0.25) is 0 Å². The molecule has 2 aromatic rings. The highest BCUT2D eigenvalue weighted by Gasteiger charge is 2.19. The maximum Gasteiger partial charge on any atom is 0.331 e. The predicted octanol–water partition coefficient (Wildman–Crippen LogP) is 4.05. The molecule has 0 amide bonds. The lowest BCUT2D eigenvalue weighted by atomic mass is 10.2. The molecule has 1 saturated heterocycles. The van der Waals surface area contributed by atoms with Gasteiger partial charge in [0.05, 0.1) is 4.92 Å². The van der Waals surface area contributed by atoms with Crippen LogP contribution in [0.1, 0.15) is 26.2 Å². The molecule has 8 heteroatoms. The topological polar surface area (TPSA) is 93.0 Å². The fraction of sp³-hybridized carbons (Fsp3) is 0.389. The van der Waals surface area contributed by atoms with Crippen LogP contribution in [0.5, 0.6) is 17.4 Å². The molecule has 0 radical (unpaired) electrons. The molecule has 1 fully saturated rings. The third-order valence-electron chi connectivity index (χ3n) is 3.77.